The van der Waals surface area contributed by atoms with Gasteiger partial charge in [-0.1, -0.05) is 24.3 Å². The second-order valence-electron chi connectivity index (χ2n) is 5.41. The maximum absolute atomic E-state index is 12.2. The van der Waals surface area contributed by atoms with Gasteiger partial charge in [-0.25, -0.2) is 4.79 Å². The van der Waals surface area contributed by atoms with E-state index >= 15 is 0 Å². The van der Waals surface area contributed by atoms with Crippen molar-refractivity contribution in [3.8, 4) is 11.1 Å². The summed E-state index contributed by atoms with van der Waals surface area (Å²) >= 11 is 0. The zero-order valence-electron chi connectivity index (χ0n) is 13.5. The fourth-order valence-corrected chi connectivity index (χ4v) is 2.22. The zero-order valence-corrected chi connectivity index (χ0v) is 13.5. The molecule has 0 aliphatic heterocycles. The Morgan fingerprint density at radius 2 is 1.54 bits per heavy atom. The summed E-state index contributed by atoms with van der Waals surface area (Å²) in [6.45, 7) is 1.41. The van der Waals surface area contributed by atoms with E-state index in [0.717, 1.165) is 11.1 Å². The molecule has 6 nitrogen and oxygen atoms in total. The van der Waals surface area contributed by atoms with Crippen LogP contribution in [0.15, 0.2) is 48.5 Å². The van der Waals surface area contributed by atoms with E-state index < -0.39 is 24.0 Å². The number of aliphatic hydroxyl groups excluding tert-OH is 1. The highest BCUT2D eigenvalue weighted by atomic mass is 16.5. The Labute approximate surface area is 140 Å². The number of aliphatic hydroxyl groups is 1. The van der Waals surface area contributed by atoms with Crippen LogP contribution in [-0.2, 0) is 9.53 Å². The van der Waals surface area contributed by atoms with Crippen LogP contribution in [0.4, 0.5) is 5.69 Å². The number of nitrogens with one attached hydrogen (secondary N) is 1. The molecule has 2 rings (SSSR count). The molecule has 0 spiro atoms. The van der Waals surface area contributed by atoms with Crippen molar-refractivity contribution in [2.75, 3.05) is 12.8 Å². The molecule has 0 radical (unpaired) electrons. The Bertz CT molecular complexity index is 709. The van der Waals surface area contributed by atoms with Crippen LogP contribution in [0.2, 0.25) is 0 Å². The second-order valence-corrected chi connectivity index (χ2v) is 5.41. The summed E-state index contributed by atoms with van der Waals surface area (Å²) in [4.78, 5) is 23.8. The first kappa shape index (κ1) is 17.5. The highest BCUT2D eigenvalue weighted by Crippen LogP contribution is 2.21. The van der Waals surface area contributed by atoms with Crippen LogP contribution >= 0.6 is 0 Å². The minimum Gasteiger partial charge on any atom is -0.467 e. The Balaban J connectivity index is 2.13. The van der Waals surface area contributed by atoms with Crippen LogP contribution in [0, 0.1) is 0 Å². The number of nitrogen functional groups attached to an aromatic ring is 1. The lowest BCUT2D eigenvalue weighted by atomic mass is 10.0. The van der Waals surface area contributed by atoms with Gasteiger partial charge in [-0.2, -0.15) is 0 Å². The van der Waals surface area contributed by atoms with Crippen LogP contribution in [0.25, 0.3) is 11.1 Å². The molecule has 1 amide bonds. The highest BCUT2D eigenvalue weighted by Gasteiger charge is 2.26. The van der Waals surface area contributed by atoms with E-state index in [2.05, 4.69) is 10.1 Å². The maximum atomic E-state index is 12.2. The molecule has 2 aromatic carbocycles. The van der Waals surface area contributed by atoms with Crippen molar-refractivity contribution in [1.29, 1.82) is 0 Å². The standard InChI is InChI=1S/C18H20N2O4/c1-11(21)16(18(23)24-2)20-17(22)14-5-3-12(4-6-14)13-7-9-15(19)10-8-13/h3-11,16,21H,19H2,1-2H3,(H,20,22)/t11-,16-/m1/s1. The molecule has 0 bridgehead atoms. The molecule has 0 unspecified atom stereocenters. The number of amides is 1. The Kier molecular flexibility index (Phi) is 5.55. The van der Waals surface area contributed by atoms with Crippen molar-refractivity contribution < 1.29 is 19.4 Å². The third-order valence-electron chi connectivity index (χ3n) is 3.62. The maximum Gasteiger partial charge on any atom is 0.331 e. The Morgan fingerprint density at radius 1 is 1.04 bits per heavy atom. The van der Waals surface area contributed by atoms with Crippen LogP contribution in [0.3, 0.4) is 0 Å². The number of hydrogen-bond donors (Lipinski definition) is 3. The quantitative estimate of drug-likeness (QED) is 0.571. The van der Waals surface area contributed by atoms with Crippen LogP contribution < -0.4 is 11.1 Å². The van der Waals surface area contributed by atoms with Gasteiger partial charge in [0.25, 0.3) is 5.91 Å². The normalized spacial score (nSPS) is 13.0. The predicted molar refractivity (Wildman–Crippen MR) is 91.2 cm³/mol. The summed E-state index contributed by atoms with van der Waals surface area (Å²) in [5.41, 5.74) is 8.64. The van der Waals surface area contributed by atoms with Crippen molar-refractivity contribution in [1.82, 2.24) is 5.32 Å². The van der Waals surface area contributed by atoms with Crippen molar-refractivity contribution in [2.45, 2.75) is 19.1 Å². The van der Waals surface area contributed by atoms with Crippen molar-refractivity contribution in [3.05, 3.63) is 54.1 Å². The fraction of sp³-hybridized carbons (Fsp3) is 0.222. The third kappa shape index (κ3) is 4.11. The van der Waals surface area contributed by atoms with E-state index in [-0.39, 0.29) is 0 Å². The molecular formula is C18H20N2O4. The molecule has 24 heavy (non-hydrogen) atoms. The molecule has 4 N–H and O–H groups in total. The van der Waals surface area contributed by atoms with Crippen LogP contribution in [0.5, 0.6) is 0 Å². The van der Waals surface area contributed by atoms with Gasteiger partial charge in [-0.05, 0) is 42.3 Å². The van der Waals surface area contributed by atoms with Gasteiger partial charge < -0.3 is 20.9 Å². The number of methoxy groups -OCH3 is 1. The lowest BCUT2D eigenvalue weighted by Gasteiger charge is -2.19. The number of anilines is 1. The van der Waals surface area contributed by atoms with E-state index in [1.54, 1.807) is 36.4 Å². The Morgan fingerprint density at radius 3 is 2.00 bits per heavy atom. The van der Waals surface area contributed by atoms with Crippen molar-refractivity contribution in [3.63, 3.8) is 0 Å². The molecule has 0 saturated carbocycles. The van der Waals surface area contributed by atoms with E-state index in [1.807, 2.05) is 12.1 Å². The van der Waals surface area contributed by atoms with Crippen molar-refractivity contribution >= 4 is 17.6 Å². The van der Waals surface area contributed by atoms with Gasteiger partial charge in [-0.3, -0.25) is 4.79 Å². The summed E-state index contributed by atoms with van der Waals surface area (Å²) < 4.78 is 4.57. The molecule has 6 heteroatoms. The molecule has 0 fully saturated rings. The average molecular weight is 328 g/mol. The largest absolute Gasteiger partial charge is 0.467 e. The monoisotopic (exact) mass is 328 g/mol. The summed E-state index contributed by atoms with van der Waals surface area (Å²) in [5.74, 6) is -1.16. The molecule has 2 atom stereocenters. The first-order valence-corrected chi connectivity index (χ1v) is 7.45. The van der Waals surface area contributed by atoms with Gasteiger partial charge in [0.2, 0.25) is 0 Å². The predicted octanol–water partition coefficient (Wildman–Crippen LogP) is 1.59. The zero-order chi connectivity index (χ0) is 17.7. The van der Waals surface area contributed by atoms with E-state index in [1.165, 1.54) is 14.0 Å². The molecule has 126 valence electrons. The van der Waals surface area contributed by atoms with Gasteiger partial charge >= 0.3 is 5.97 Å². The summed E-state index contributed by atoms with van der Waals surface area (Å²) in [6.07, 6.45) is -1.06. The number of carbonyl (C=O) groups excluding carboxylic acids is 2. The van der Waals surface area contributed by atoms with E-state index in [9.17, 15) is 14.7 Å². The SMILES string of the molecule is COC(=O)[C@H](NC(=O)c1ccc(-c2ccc(N)cc2)cc1)[C@@H](C)O. The molecule has 2 aromatic rings. The lowest BCUT2D eigenvalue weighted by Crippen LogP contribution is -2.48. The van der Waals surface area contributed by atoms with Gasteiger partial charge in [-0.15, -0.1) is 0 Å². The van der Waals surface area contributed by atoms with Crippen molar-refractivity contribution in [2.24, 2.45) is 0 Å². The van der Waals surface area contributed by atoms with E-state index in [0.29, 0.717) is 11.3 Å². The second kappa shape index (κ2) is 7.61. The average Bonchev–Trinajstić information content (AvgIpc) is 2.59. The summed E-state index contributed by atoms with van der Waals surface area (Å²) in [7, 11) is 1.20. The number of hydrogen-bond acceptors (Lipinski definition) is 5. The van der Waals surface area contributed by atoms with Gasteiger partial charge in [0.05, 0.1) is 13.2 Å². The topological polar surface area (TPSA) is 102 Å². The molecule has 0 aliphatic rings. The molecule has 0 aliphatic carbocycles. The number of benzene rings is 2. The summed E-state index contributed by atoms with van der Waals surface area (Å²) in [6, 6.07) is 13.2. The molecule has 0 saturated heterocycles. The minimum absolute atomic E-state index is 0.378. The van der Waals surface area contributed by atoms with Gasteiger partial charge in [0.15, 0.2) is 6.04 Å². The Hall–Kier alpha value is -2.86. The number of nitrogens with two attached hydrogens (primary N) is 1. The van der Waals surface area contributed by atoms with Gasteiger partial charge in [0, 0.05) is 11.3 Å². The first-order chi connectivity index (χ1) is 11.4. The molecule has 0 heterocycles. The van der Waals surface area contributed by atoms with E-state index in [4.69, 9.17) is 5.73 Å². The number of rotatable bonds is 5. The number of ether oxygens (including phenoxy) is 1. The van der Waals surface area contributed by atoms with Crippen LogP contribution in [0.1, 0.15) is 17.3 Å². The molecule has 0 aromatic heterocycles. The fourth-order valence-electron chi connectivity index (χ4n) is 2.22. The first-order valence-electron chi connectivity index (χ1n) is 7.45. The highest BCUT2D eigenvalue weighted by molar-refractivity contribution is 5.97. The third-order valence-corrected chi connectivity index (χ3v) is 3.62. The number of esters is 1. The lowest BCUT2D eigenvalue weighted by molar-refractivity contribution is -0.145. The van der Waals surface area contributed by atoms with Crippen LogP contribution in [-0.4, -0.2) is 36.2 Å². The number of carbonyl (C=O) groups is 2. The smallest absolute Gasteiger partial charge is 0.331 e. The summed E-state index contributed by atoms with van der Waals surface area (Å²) in [5, 5.41) is 12.1. The van der Waals surface area contributed by atoms with Gasteiger partial charge in [0.1, 0.15) is 0 Å². The molecular weight excluding hydrogens is 308 g/mol. The minimum atomic E-state index is -1.11.